The van der Waals surface area contributed by atoms with Crippen LogP contribution in [0.3, 0.4) is 0 Å². The van der Waals surface area contributed by atoms with Crippen LogP contribution in [0.4, 0.5) is 4.79 Å². The Hall–Kier alpha value is -1.83. The highest BCUT2D eigenvalue weighted by Gasteiger charge is 2.38. The summed E-state index contributed by atoms with van der Waals surface area (Å²) in [7, 11) is 1.63. The number of nitrogens with two attached hydrogens (primary N) is 1. The third-order valence-electron chi connectivity index (χ3n) is 5.03. The van der Waals surface area contributed by atoms with Crippen LogP contribution >= 0.6 is 0 Å². The number of ether oxygens (including phenoxy) is 2. The molecule has 1 heterocycles. The van der Waals surface area contributed by atoms with E-state index in [1.807, 2.05) is 24.3 Å². The van der Waals surface area contributed by atoms with Crippen LogP contribution in [0.15, 0.2) is 24.3 Å². The Bertz CT molecular complexity index is 574. The van der Waals surface area contributed by atoms with Crippen LogP contribution in [0, 0.1) is 5.92 Å². The molecule has 3 rings (SSSR count). The molecule has 2 aliphatic rings. The Morgan fingerprint density at radius 2 is 2.08 bits per heavy atom. The molecule has 3 atom stereocenters. The van der Waals surface area contributed by atoms with E-state index in [1.54, 1.807) is 7.11 Å². The fourth-order valence-electron chi connectivity index (χ4n) is 3.48. The summed E-state index contributed by atoms with van der Waals surface area (Å²) < 4.78 is 10.6. The quantitative estimate of drug-likeness (QED) is 0.593. The van der Waals surface area contributed by atoms with Gasteiger partial charge in [-0.1, -0.05) is 12.1 Å². The summed E-state index contributed by atoms with van der Waals surface area (Å²) in [5, 5.41) is 16.1. The van der Waals surface area contributed by atoms with Crippen molar-refractivity contribution in [1.82, 2.24) is 10.6 Å². The summed E-state index contributed by atoms with van der Waals surface area (Å²) in [6.45, 7) is 0.988. The molecule has 0 spiro atoms. The van der Waals surface area contributed by atoms with Crippen molar-refractivity contribution in [2.75, 3.05) is 20.2 Å². The molecule has 0 radical (unpaired) electrons. The number of rotatable bonds is 6. The Labute approximate surface area is 147 Å². The predicted octanol–water partition coefficient (Wildman–Crippen LogP) is 0.403. The minimum Gasteiger partial charge on any atom is -0.497 e. The normalized spacial score (nSPS) is 31.2. The number of amides is 1. The zero-order valence-corrected chi connectivity index (χ0v) is 14.5. The van der Waals surface area contributed by atoms with Gasteiger partial charge in [0.2, 0.25) is 0 Å². The van der Waals surface area contributed by atoms with Gasteiger partial charge in [-0.05, 0) is 42.9 Å². The molecule has 1 amide bonds. The highest BCUT2D eigenvalue weighted by atomic mass is 16.6. The number of β-amino-alcohol motifs (C(OH)–C–C–N with tert-alkyl or cyclic N) is 1. The van der Waals surface area contributed by atoms with Crippen LogP contribution in [0.5, 0.6) is 5.75 Å². The van der Waals surface area contributed by atoms with E-state index >= 15 is 0 Å². The molecule has 1 aromatic rings. The largest absolute Gasteiger partial charge is 0.497 e. The lowest BCUT2D eigenvalue weighted by Crippen LogP contribution is -2.45. The maximum Gasteiger partial charge on any atom is 0.407 e. The van der Waals surface area contributed by atoms with Crippen molar-refractivity contribution in [3.05, 3.63) is 29.8 Å². The Balaban J connectivity index is 1.50. The summed E-state index contributed by atoms with van der Waals surface area (Å²) in [6, 6.07) is 7.88. The van der Waals surface area contributed by atoms with Crippen molar-refractivity contribution in [2.24, 2.45) is 11.7 Å². The first-order valence-corrected chi connectivity index (χ1v) is 8.79. The Morgan fingerprint density at radius 1 is 1.36 bits per heavy atom. The van der Waals surface area contributed by atoms with E-state index in [0.717, 1.165) is 24.2 Å². The van der Waals surface area contributed by atoms with Gasteiger partial charge in [0.15, 0.2) is 0 Å². The molecule has 1 saturated heterocycles. The van der Waals surface area contributed by atoms with Gasteiger partial charge in [-0.25, -0.2) is 4.79 Å². The van der Waals surface area contributed by atoms with Gasteiger partial charge < -0.3 is 30.9 Å². The molecule has 1 aromatic carbocycles. The van der Waals surface area contributed by atoms with Crippen LogP contribution in [-0.2, 0) is 11.2 Å². The summed E-state index contributed by atoms with van der Waals surface area (Å²) >= 11 is 0. The summed E-state index contributed by atoms with van der Waals surface area (Å²) in [6.07, 6.45) is 0.795. The molecular weight excluding hydrogens is 322 g/mol. The van der Waals surface area contributed by atoms with E-state index < -0.39 is 18.3 Å². The number of carbonyl (C=O) groups excluding carboxylic acids is 1. The lowest BCUT2D eigenvalue weighted by Gasteiger charge is -2.32. The molecule has 1 aliphatic carbocycles. The molecule has 0 unspecified atom stereocenters. The fourth-order valence-corrected chi connectivity index (χ4v) is 3.48. The van der Waals surface area contributed by atoms with Crippen molar-refractivity contribution in [3.63, 3.8) is 0 Å². The van der Waals surface area contributed by atoms with E-state index in [0.29, 0.717) is 25.4 Å². The molecule has 1 saturated carbocycles. The number of carbonyl (C=O) groups is 1. The second kappa shape index (κ2) is 8.03. The molecule has 2 fully saturated rings. The number of methoxy groups -OCH3 is 1. The number of aliphatic hydroxyl groups excluding tert-OH is 1. The number of alkyl carbamates (subject to hydrolysis) is 1. The van der Waals surface area contributed by atoms with Gasteiger partial charge in [0.25, 0.3) is 0 Å². The minimum absolute atomic E-state index is 0.119. The van der Waals surface area contributed by atoms with E-state index in [1.165, 1.54) is 0 Å². The summed E-state index contributed by atoms with van der Waals surface area (Å²) in [5.41, 5.74) is 6.83. The van der Waals surface area contributed by atoms with Crippen molar-refractivity contribution in [2.45, 2.75) is 43.6 Å². The highest BCUT2D eigenvalue weighted by molar-refractivity contribution is 5.67. The molecule has 25 heavy (non-hydrogen) atoms. The van der Waals surface area contributed by atoms with Crippen molar-refractivity contribution >= 4 is 6.09 Å². The zero-order chi connectivity index (χ0) is 17.8. The van der Waals surface area contributed by atoms with E-state index in [-0.39, 0.29) is 12.1 Å². The topological polar surface area (TPSA) is 106 Å². The smallest absolute Gasteiger partial charge is 0.407 e. The molecular formula is C18H27N3O4. The predicted molar refractivity (Wildman–Crippen MR) is 93.5 cm³/mol. The highest BCUT2D eigenvalue weighted by Crippen LogP contribution is 2.24. The molecule has 0 aromatic heterocycles. The van der Waals surface area contributed by atoms with Crippen molar-refractivity contribution in [3.8, 4) is 5.75 Å². The average molecular weight is 349 g/mol. The summed E-state index contributed by atoms with van der Waals surface area (Å²) in [4.78, 5) is 12.0. The lowest BCUT2D eigenvalue weighted by atomic mass is 9.81. The Kier molecular flexibility index (Phi) is 5.78. The third kappa shape index (κ3) is 4.62. The van der Waals surface area contributed by atoms with Crippen LogP contribution < -0.4 is 21.1 Å². The molecule has 7 nitrogen and oxygen atoms in total. The van der Waals surface area contributed by atoms with Crippen molar-refractivity contribution < 1.29 is 19.4 Å². The number of hydrogen-bond donors (Lipinski definition) is 4. The first-order valence-electron chi connectivity index (χ1n) is 8.79. The van der Waals surface area contributed by atoms with Gasteiger partial charge in [-0.2, -0.15) is 0 Å². The number of hydrogen-bond acceptors (Lipinski definition) is 6. The third-order valence-corrected chi connectivity index (χ3v) is 5.03. The maximum atomic E-state index is 12.0. The number of aliphatic hydroxyl groups is 1. The van der Waals surface area contributed by atoms with Crippen LogP contribution in [0.2, 0.25) is 0 Å². The molecule has 138 valence electrons. The lowest BCUT2D eigenvalue weighted by molar-refractivity contribution is 0.0180. The van der Waals surface area contributed by atoms with Gasteiger partial charge in [0, 0.05) is 19.1 Å². The number of nitrogens with one attached hydrogen (secondary N) is 2. The van der Waals surface area contributed by atoms with E-state index in [4.69, 9.17) is 15.2 Å². The van der Waals surface area contributed by atoms with Crippen LogP contribution in [0.1, 0.15) is 18.4 Å². The van der Waals surface area contributed by atoms with Gasteiger partial charge in [-0.15, -0.1) is 0 Å². The first kappa shape index (κ1) is 18.0. The van der Waals surface area contributed by atoms with Crippen molar-refractivity contribution in [1.29, 1.82) is 0 Å². The van der Waals surface area contributed by atoms with E-state index in [2.05, 4.69) is 10.6 Å². The average Bonchev–Trinajstić information content (AvgIpc) is 2.91. The fraction of sp³-hybridized carbons (Fsp3) is 0.611. The van der Waals surface area contributed by atoms with Crippen LogP contribution in [0.25, 0.3) is 0 Å². The zero-order valence-electron chi connectivity index (χ0n) is 14.5. The molecule has 0 bridgehead atoms. The second-order valence-corrected chi connectivity index (χ2v) is 6.98. The standard InChI is InChI=1S/C18H27N3O4/c1-24-14-4-2-11(3-5-14)8-15-17(16(22)10-20-15)25-18(23)21-9-12-6-13(19)7-12/h2-5,12-13,15-17,20,22H,6-10,19H2,1H3,(H,21,23)/t12?,13?,15-,16+,17+/m1/s1. The molecule has 5 N–H and O–H groups in total. The first-order chi connectivity index (χ1) is 12.0. The van der Waals surface area contributed by atoms with Crippen LogP contribution in [-0.4, -0.2) is 55.7 Å². The monoisotopic (exact) mass is 349 g/mol. The number of benzene rings is 1. The van der Waals surface area contributed by atoms with Gasteiger partial charge in [-0.3, -0.25) is 0 Å². The summed E-state index contributed by atoms with van der Waals surface area (Å²) in [5.74, 6) is 1.23. The van der Waals surface area contributed by atoms with Gasteiger partial charge in [0.05, 0.1) is 13.2 Å². The molecule has 7 heteroatoms. The minimum atomic E-state index is -0.703. The SMILES string of the molecule is COc1ccc(C[C@H]2NC[C@H](O)[C@H]2OC(=O)NCC2CC(N)C2)cc1. The van der Waals surface area contributed by atoms with E-state index in [9.17, 15) is 9.90 Å². The van der Waals surface area contributed by atoms with Gasteiger partial charge >= 0.3 is 6.09 Å². The maximum absolute atomic E-state index is 12.0. The molecule has 1 aliphatic heterocycles. The van der Waals surface area contributed by atoms with Gasteiger partial charge in [0.1, 0.15) is 18.0 Å². The Morgan fingerprint density at radius 3 is 2.72 bits per heavy atom. The second-order valence-electron chi connectivity index (χ2n) is 6.98.